The molecule has 0 aromatic rings. The molecule has 0 N–H and O–H groups in total. The Morgan fingerprint density at radius 3 is 2.82 bits per heavy atom. The van der Waals surface area contributed by atoms with Crippen LogP contribution in [0, 0.1) is 11.8 Å². The predicted octanol–water partition coefficient (Wildman–Crippen LogP) is 2.90. The number of rotatable bonds is 2. The first-order chi connectivity index (χ1) is 7.95. The van der Waals surface area contributed by atoms with Crippen molar-refractivity contribution < 1.29 is 13.6 Å². The number of halogens is 3. The van der Waals surface area contributed by atoms with E-state index in [1.54, 1.807) is 0 Å². The van der Waals surface area contributed by atoms with Gasteiger partial charge in [-0.3, -0.25) is 4.79 Å². The van der Waals surface area contributed by atoms with Gasteiger partial charge in [0.15, 0.2) is 0 Å². The number of nitrogens with zero attached hydrogens (tertiary/aromatic N) is 1. The molecular weight excluding hydrogens is 248 g/mol. The highest BCUT2D eigenvalue weighted by molar-refractivity contribution is 6.30. The summed E-state index contributed by atoms with van der Waals surface area (Å²) in [5.41, 5.74) is 0. The number of fused-ring (bicyclic) bond motifs is 1. The third-order valence-electron chi connectivity index (χ3n) is 4.01. The lowest BCUT2D eigenvalue weighted by atomic mass is 9.79. The van der Waals surface area contributed by atoms with Crippen molar-refractivity contribution in [3.05, 3.63) is 0 Å². The molecule has 2 nitrogen and oxygen atoms in total. The number of carbonyl (C=O) groups is 1. The van der Waals surface area contributed by atoms with E-state index >= 15 is 0 Å². The van der Waals surface area contributed by atoms with Crippen molar-refractivity contribution in [2.24, 2.45) is 11.8 Å². The molecule has 1 aliphatic carbocycles. The predicted molar refractivity (Wildman–Crippen MR) is 62.3 cm³/mol. The summed E-state index contributed by atoms with van der Waals surface area (Å²) in [7, 11) is 0. The maximum Gasteiger partial charge on any atom is 0.252 e. The Morgan fingerprint density at radius 2 is 2.24 bits per heavy atom. The molecule has 98 valence electrons. The molecule has 1 saturated heterocycles. The zero-order chi connectivity index (χ0) is 12.6. The van der Waals surface area contributed by atoms with E-state index in [4.69, 9.17) is 11.6 Å². The van der Waals surface area contributed by atoms with Crippen LogP contribution in [0.15, 0.2) is 0 Å². The quantitative estimate of drug-likeness (QED) is 0.703. The third-order valence-corrected chi connectivity index (χ3v) is 4.50. The summed E-state index contributed by atoms with van der Waals surface area (Å²) in [6.45, 7) is 2.47. The Labute approximate surface area is 105 Å². The largest absolute Gasteiger partial charge is 0.341 e. The van der Waals surface area contributed by atoms with Gasteiger partial charge in [0.1, 0.15) is 5.38 Å². The smallest absolute Gasteiger partial charge is 0.252 e. The van der Waals surface area contributed by atoms with Gasteiger partial charge in [-0.15, -0.1) is 11.6 Å². The van der Waals surface area contributed by atoms with E-state index in [0.717, 1.165) is 6.42 Å². The Morgan fingerprint density at radius 1 is 1.53 bits per heavy atom. The van der Waals surface area contributed by atoms with E-state index in [0.29, 0.717) is 19.4 Å². The minimum absolute atomic E-state index is 0.0335. The van der Waals surface area contributed by atoms with E-state index in [-0.39, 0.29) is 24.8 Å². The monoisotopic (exact) mass is 265 g/mol. The van der Waals surface area contributed by atoms with Gasteiger partial charge in [-0.05, 0) is 25.2 Å². The van der Waals surface area contributed by atoms with Crippen LogP contribution in [0.4, 0.5) is 8.78 Å². The molecule has 2 rings (SSSR count). The first-order valence-corrected chi connectivity index (χ1v) is 6.70. The van der Waals surface area contributed by atoms with Crippen molar-refractivity contribution >= 4 is 17.5 Å². The number of likely N-dealkylation sites (tertiary alicyclic amines) is 1. The van der Waals surface area contributed by atoms with E-state index in [9.17, 15) is 13.6 Å². The highest BCUT2D eigenvalue weighted by atomic mass is 35.5. The Kier molecular flexibility index (Phi) is 3.62. The normalized spacial score (nSPS) is 33.3. The SMILES string of the molecule is CC[C@H](Cl)C(=O)N1C[C@@H]2CCCC(F)(F)[C@H]2C1. The fourth-order valence-electron chi connectivity index (χ4n) is 2.98. The summed E-state index contributed by atoms with van der Waals surface area (Å²) in [5, 5.41) is -0.566. The highest BCUT2D eigenvalue weighted by Gasteiger charge is 2.52. The van der Waals surface area contributed by atoms with E-state index in [1.165, 1.54) is 4.90 Å². The van der Waals surface area contributed by atoms with Gasteiger partial charge >= 0.3 is 0 Å². The molecule has 0 aromatic carbocycles. The molecule has 1 amide bonds. The Bertz CT molecular complexity index is 311. The zero-order valence-electron chi connectivity index (χ0n) is 9.96. The molecular formula is C12H18ClF2NO. The summed E-state index contributed by atoms with van der Waals surface area (Å²) in [4.78, 5) is 13.4. The summed E-state index contributed by atoms with van der Waals surface area (Å²) in [6, 6.07) is 0. The maximum atomic E-state index is 13.7. The molecule has 0 unspecified atom stereocenters. The molecule has 0 bridgehead atoms. The molecule has 0 radical (unpaired) electrons. The molecule has 2 fully saturated rings. The molecule has 1 heterocycles. The number of hydrogen-bond donors (Lipinski definition) is 0. The van der Waals surface area contributed by atoms with Crippen molar-refractivity contribution in [3.63, 3.8) is 0 Å². The lowest BCUT2D eigenvalue weighted by Gasteiger charge is -2.32. The lowest BCUT2D eigenvalue weighted by Crippen LogP contribution is -2.39. The second-order valence-electron chi connectivity index (χ2n) is 5.14. The molecule has 2 aliphatic rings. The average Bonchev–Trinajstić information content (AvgIpc) is 2.72. The summed E-state index contributed by atoms with van der Waals surface area (Å²) < 4.78 is 27.4. The first kappa shape index (κ1) is 13.1. The van der Waals surface area contributed by atoms with Crippen LogP contribution in [0.2, 0.25) is 0 Å². The van der Waals surface area contributed by atoms with Crippen molar-refractivity contribution in [2.45, 2.75) is 43.9 Å². The molecule has 17 heavy (non-hydrogen) atoms. The van der Waals surface area contributed by atoms with Gasteiger partial charge in [-0.2, -0.15) is 0 Å². The van der Waals surface area contributed by atoms with Gasteiger partial charge in [0.25, 0.3) is 5.92 Å². The van der Waals surface area contributed by atoms with Crippen LogP contribution in [-0.4, -0.2) is 35.2 Å². The van der Waals surface area contributed by atoms with Crippen LogP contribution in [0.3, 0.4) is 0 Å². The fourth-order valence-corrected chi connectivity index (χ4v) is 3.12. The van der Waals surface area contributed by atoms with E-state index in [1.807, 2.05) is 6.92 Å². The molecule has 0 spiro atoms. The standard InChI is InChI=1S/C12H18ClF2NO/c1-2-10(13)11(17)16-6-8-4-3-5-12(14,15)9(8)7-16/h8-10H,2-7H2,1H3/t8-,9-,10-/m0/s1. The number of carbonyl (C=O) groups excluding carboxylic acids is 1. The van der Waals surface area contributed by atoms with Gasteiger partial charge in [0.2, 0.25) is 5.91 Å². The van der Waals surface area contributed by atoms with Gasteiger partial charge in [-0.25, -0.2) is 8.78 Å². The van der Waals surface area contributed by atoms with Crippen LogP contribution in [0.1, 0.15) is 32.6 Å². The third kappa shape index (κ3) is 2.42. The average molecular weight is 266 g/mol. The van der Waals surface area contributed by atoms with Crippen LogP contribution in [-0.2, 0) is 4.79 Å². The topological polar surface area (TPSA) is 20.3 Å². The number of alkyl halides is 3. The summed E-state index contributed by atoms with van der Waals surface area (Å²) in [5.74, 6) is -3.48. The molecule has 1 saturated carbocycles. The second kappa shape index (κ2) is 4.71. The number of amides is 1. The lowest BCUT2D eigenvalue weighted by molar-refractivity contribution is -0.130. The van der Waals surface area contributed by atoms with Gasteiger partial charge in [0, 0.05) is 25.4 Å². The molecule has 5 heteroatoms. The van der Waals surface area contributed by atoms with Crippen LogP contribution in [0.5, 0.6) is 0 Å². The minimum atomic E-state index is -2.61. The fraction of sp³-hybridized carbons (Fsp3) is 0.917. The first-order valence-electron chi connectivity index (χ1n) is 6.26. The van der Waals surface area contributed by atoms with Crippen LogP contribution in [0.25, 0.3) is 0 Å². The zero-order valence-corrected chi connectivity index (χ0v) is 10.7. The summed E-state index contributed by atoms with van der Waals surface area (Å²) in [6.07, 6.45) is 1.88. The van der Waals surface area contributed by atoms with Crippen molar-refractivity contribution in [1.82, 2.24) is 4.90 Å². The van der Waals surface area contributed by atoms with Crippen molar-refractivity contribution in [3.8, 4) is 0 Å². The molecule has 3 atom stereocenters. The molecule has 1 aliphatic heterocycles. The van der Waals surface area contributed by atoms with Crippen molar-refractivity contribution in [2.75, 3.05) is 13.1 Å². The Balaban J connectivity index is 2.05. The van der Waals surface area contributed by atoms with Crippen molar-refractivity contribution in [1.29, 1.82) is 0 Å². The minimum Gasteiger partial charge on any atom is -0.341 e. The van der Waals surface area contributed by atoms with E-state index < -0.39 is 17.2 Å². The van der Waals surface area contributed by atoms with E-state index in [2.05, 4.69) is 0 Å². The van der Waals surface area contributed by atoms with Gasteiger partial charge in [-0.1, -0.05) is 6.92 Å². The second-order valence-corrected chi connectivity index (χ2v) is 5.67. The Hall–Kier alpha value is -0.380. The van der Waals surface area contributed by atoms with Gasteiger partial charge < -0.3 is 4.90 Å². The number of hydrogen-bond acceptors (Lipinski definition) is 1. The molecule has 0 aromatic heterocycles. The van der Waals surface area contributed by atoms with Gasteiger partial charge in [0.05, 0.1) is 0 Å². The maximum absolute atomic E-state index is 13.7. The summed E-state index contributed by atoms with van der Waals surface area (Å²) >= 11 is 5.89. The highest BCUT2D eigenvalue weighted by Crippen LogP contribution is 2.46. The van der Waals surface area contributed by atoms with Crippen LogP contribution < -0.4 is 0 Å². The van der Waals surface area contributed by atoms with Crippen LogP contribution >= 0.6 is 11.6 Å².